The van der Waals surface area contributed by atoms with Crippen LogP contribution in [0, 0.1) is 0 Å². The molecule has 2 unspecified atom stereocenters. The van der Waals surface area contributed by atoms with E-state index in [9.17, 15) is 23.9 Å². The van der Waals surface area contributed by atoms with Gasteiger partial charge in [0.15, 0.2) is 17.7 Å². The maximum Gasteiger partial charge on any atom is 0.489 e. The molecule has 1 aliphatic rings. The summed E-state index contributed by atoms with van der Waals surface area (Å²) in [5, 5.41) is 28.7. The molecule has 32 heavy (non-hydrogen) atoms. The number of ether oxygens (including phenoxy) is 1. The van der Waals surface area contributed by atoms with Gasteiger partial charge in [-0.15, -0.1) is 0 Å². The third-order valence-corrected chi connectivity index (χ3v) is 7.05. The lowest BCUT2D eigenvalue weighted by Gasteiger charge is -2.16. The van der Waals surface area contributed by atoms with Crippen LogP contribution in [0.5, 0.6) is 0 Å². The first-order valence-electron chi connectivity index (χ1n) is 8.02. The first kappa shape index (κ1) is 26.8. The number of aliphatic hydroxyl groups excluding tert-OH is 3. The SMILES string of the molecule is NP(=O)(O)OP(=O)(O)OP(=O)(O)O.Nc1ncnc2c1ncn2[C@@H]1O[C@H](CO)[C@@H](O)[C@H]1O. The highest BCUT2D eigenvalue weighted by molar-refractivity contribution is 7.67. The fraction of sp³-hybridized carbons (Fsp3) is 0.500. The maximum absolute atomic E-state index is 10.5. The zero-order valence-electron chi connectivity index (χ0n) is 15.5. The van der Waals surface area contributed by atoms with Crippen molar-refractivity contribution in [3.63, 3.8) is 0 Å². The van der Waals surface area contributed by atoms with Crippen molar-refractivity contribution in [2.24, 2.45) is 5.50 Å². The number of anilines is 1. The van der Waals surface area contributed by atoms with Gasteiger partial charge in [0.2, 0.25) is 0 Å². The van der Waals surface area contributed by atoms with Gasteiger partial charge in [-0.1, -0.05) is 0 Å². The van der Waals surface area contributed by atoms with E-state index in [4.69, 9.17) is 35.2 Å². The van der Waals surface area contributed by atoms with E-state index in [0.29, 0.717) is 11.2 Å². The number of fused-ring (bicyclic) bond motifs is 1. The fourth-order valence-electron chi connectivity index (χ4n) is 2.46. The molecule has 3 rings (SSSR count). The molecule has 0 bridgehead atoms. The van der Waals surface area contributed by atoms with Crippen molar-refractivity contribution in [2.45, 2.75) is 24.5 Å². The van der Waals surface area contributed by atoms with Crippen LogP contribution in [0.15, 0.2) is 12.7 Å². The molecule has 3 heterocycles. The van der Waals surface area contributed by atoms with Gasteiger partial charge >= 0.3 is 23.4 Å². The van der Waals surface area contributed by atoms with Crippen LogP contribution < -0.4 is 11.2 Å². The van der Waals surface area contributed by atoms with E-state index in [0.717, 1.165) is 0 Å². The molecule has 19 nitrogen and oxygen atoms in total. The standard InChI is InChI=1S/C10H13N5O4.H6NO9P3/c11-8-5-9(13-2-12-8)15(3-14-5)10-7(18)6(17)4(1-16)19-10;1-11(2,3)9-13(7,8)10-12(4,5)6/h2-4,6-7,10,16-18H,1H2,(H2,11,12,13);(H,7,8)(H3,1,2,3)(H2,4,5,6)/t4-,6-,7-,10-;/m1./s1. The summed E-state index contributed by atoms with van der Waals surface area (Å²) in [4.78, 5) is 44.5. The monoisotopic (exact) mass is 524 g/mol. The summed E-state index contributed by atoms with van der Waals surface area (Å²) in [6, 6.07) is 0. The molecule has 182 valence electrons. The van der Waals surface area contributed by atoms with Gasteiger partial charge in [-0.3, -0.25) is 4.57 Å². The molecule has 0 spiro atoms. The Morgan fingerprint density at radius 1 is 1.06 bits per heavy atom. The van der Waals surface area contributed by atoms with Gasteiger partial charge in [-0.05, 0) is 0 Å². The number of nitrogens with zero attached hydrogens (tertiary/aromatic N) is 4. The topological polar surface area (TPSA) is 316 Å². The predicted molar refractivity (Wildman–Crippen MR) is 101 cm³/mol. The first-order valence-corrected chi connectivity index (χ1v) is 12.7. The van der Waals surface area contributed by atoms with E-state index in [2.05, 4.69) is 29.1 Å². The smallest absolute Gasteiger partial charge is 0.394 e. The molecule has 0 aliphatic carbocycles. The van der Waals surface area contributed by atoms with Gasteiger partial charge in [-0.2, -0.15) is 8.62 Å². The number of hydrogen-bond acceptors (Lipinski definition) is 13. The lowest BCUT2D eigenvalue weighted by molar-refractivity contribution is -0.0511. The number of nitrogens with two attached hydrogens (primary N) is 2. The summed E-state index contributed by atoms with van der Waals surface area (Å²) in [5.74, 6) is 0.218. The minimum Gasteiger partial charge on any atom is -0.394 e. The Bertz CT molecular complexity index is 1060. The third-order valence-electron chi connectivity index (χ3n) is 3.61. The molecule has 1 saturated heterocycles. The van der Waals surface area contributed by atoms with E-state index < -0.39 is 54.5 Å². The zero-order valence-corrected chi connectivity index (χ0v) is 18.2. The Labute approximate surface area is 177 Å². The number of rotatable bonds is 6. The maximum atomic E-state index is 10.5. The third kappa shape index (κ3) is 7.05. The number of hydrogen-bond donors (Lipinski definition) is 9. The van der Waals surface area contributed by atoms with E-state index in [1.807, 2.05) is 0 Å². The zero-order chi connectivity index (χ0) is 24.5. The lowest BCUT2D eigenvalue weighted by atomic mass is 10.1. The Balaban J connectivity index is 0.000000247. The highest BCUT2D eigenvalue weighted by atomic mass is 31.3. The fourth-order valence-corrected chi connectivity index (χ4v) is 5.11. The summed E-state index contributed by atoms with van der Waals surface area (Å²) in [7, 11) is -15.5. The molecule has 2 aromatic heterocycles. The Kier molecular flexibility index (Phi) is 8.26. The van der Waals surface area contributed by atoms with Gasteiger partial charge in [0.25, 0.3) is 0 Å². The molecule has 1 fully saturated rings. The first-order chi connectivity index (χ1) is 14.5. The summed E-state index contributed by atoms with van der Waals surface area (Å²) >= 11 is 0. The number of nitrogen functional groups attached to an aromatic ring is 1. The van der Waals surface area contributed by atoms with Crippen LogP contribution >= 0.6 is 23.4 Å². The number of aromatic nitrogens is 4. The van der Waals surface area contributed by atoms with E-state index in [1.165, 1.54) is 17.2 Å². The van der Waals surface area contributed by atoms with Crippen molar-refractivity contribution < 1.29 is 61.9 Å². The molecule has 0 amide bonds. The van der Waals surface area contributed by atoms with Gasteiger partial charge in [0, 0.05) is 0 Å². The van der Waals surface area contributed by atoms with Crippen LogP contribution in [0.4, 0.5) is 5.82 Å². The molecule has 0 radical (unpaired) electrons. The van der Waals surface area contributed by atoms with E-state index in [1.54, 1.807) is 0 Å². The second kappa shape index (κ2) is 9.84. The number of imidazole rings is 1. The van der Waals surface area contributed by atoms with E-state index in [-0.39, 0.29) is 5.82 Å². The lowest BCUT2D eigenvalue weighted by Crippen LogP contribution is -2.33. The van der Waals surface area contributed by atoms with Crippen molar-refractivity contribution in [1.82, 2.24) is 19.5 Å². The quantitative estimate of drug-likeness (QED) is 0.173. The summed E-state index contributed by atoms with van der Waals surface area (Å²) in [6.07, 6.45) is -1.42. The Morgan fingerprint density at radius 3 is 2.19 bits per heavy atom. The van der Waals surface area contributed by atoms with Crippen LogP contribution in [-0.4, -0.2) is 79.3 Å². The van der Waals surface area contributed by atoms with E-state index >= 15 is 0 Å². The summed E-state index contributed by atoms with van der Waals surface area (Å²) in [5.41, 5.74) is 10.7. The summed E-state index contributed by atoms with van der Waals surface area (Å²) < 4.78 is 43.9. The second-order valence-corrected chi connectivity index (χ2v) is 10.4. The van der Waals surface area contributed by atoms with Gasteiger partial charge in [0.1, 0.15) is 30.2 Å². The second-order valence-electron chi connectivity index (χ2n) is 6.00. The average molecular weight is 524 g/mol. The van der Waals surface area contributed by atoms with Gasteiger partial charge < -0.3 is 45.4 Å². The number of aliphatic hydroxyl groups is 3. The van der Waals surface area contributed by atoms with Gasteiger partial charge in [-0.25, -0.2) is 34.2 Å². The molecule has 2 aromatic rings. The van der Waals surface area contributed by atoms with Crippen molar-refractivity contribution in [2.75, 3.05) is 12.3 Å². The summed E-state index contributed by atoms with van der Waals surface area (Å²) in [6.45, 7) is -0.390. The normalized spacial score (nSPS) is 27.4. The molecule has 22 heteroatoms. The highest BCUT2D eigenvalue weighted by Gasteiger charge is 2.44. The largest absolute Gasteiger partial charge is 0.489 e. The van der Waals surface area contributed by atoms with Gasteiger partial charge in [0.05, 0.1) is 12.9 Å². The molecule has 1 aliphatic heterocycles. The van der Waals surface area contributed by atoms with Crippen LogP contribution in [0.25, 0.3) is 11.2 Å². The van der Waals surface area contributed by atoms with Crippen LogP contribution in [0.1, 0.15) is 6.23 Å². The Morgan fingerprint density at radius 2 is 1.69 bits per heavy atom. The van der Waals surface area contributed by atoms with Crippen molar-refractivity contribution in [3.8, 4) is 0 Å². The molecular weight excluding hydrogens is 505 g/mol. The van der Waals surface area contributed by atoms with Crippen LogP contribution in [-0.2, 0) is 27.1 Å². The van der Waals surface area contributed by atoms with Crippen LogP contribution in [0.2, 0.25) is 0 Å². The minimum atomic E-state index is -5.34. The number of phosphoric acid groups is 2. The molecule has 11 N–H and O–H groups in total. The Hall–Kier alpha value is -1.40. The molecule has 0 aromatic carbocycles. The minimum absolute atomic E-state index is 0.218. The van der Waals surface area contributed by atoms with Crippen molar-refractivity contribution in [1.29, 1.82) is 0 Å². The molecular formula is C10H19N6O13P3. The average Bonchev–Trinajstić information content (AvgIpc) is 3.14. The van der Waals surface area contributed by atoms with Crippen molar-refractivity contribution >= 4 is 40.4 Å². The predicted octanol–water partition coefficient (Wildman–Crippen LogP) is -2.71. The molecule has 6 atom stereocenters. The van der Waals surface area contributed by atoms with Crippen LogP contribution in [0.3, 0.4) is 0 Å². The highest BCUT2D eigenvalue weighted by Crippen LogP contribution is 2.63. The van der Waals surface area contributed by atoms with Crippen molar-refractivity contribution in [3.05, 3.63) is 12.7 Å². The molecule has 0 saturated carbocycles.